The zero-order chi connectivity index (χ0) is 16.8. The second kappa shape index (κ2) is 5.77. The number of piperidine rings is 1. The van der Waals surface area contributed by atoms with Crippen LogP contribution in [0.1, 0.15) is 24.7 Å². The molecule has 0 radical (unpaired) electrons. The SMILES string of the molecule is Clc1ccc2oc(C3CCN(c4nc5ccccc5o4)CC3)nc2c1. The van der Waals surface area contributed by atoms with Crippen LogP contribution in [0.25, 0.3) is 22.2 Å². The number of rotatable bonds is 2. The number of aromatic nitrogens is 2. The fourth-order valence-corrected chi connectivity index (χ4v) is 3.57. The molecule has 0 aliphatic carbocycles. The Kier molecular flexibility index (Phi) is 3.41. The normalized spacial score (nSPS) is 16.1. The average molecular weight is 354 g/mol. The largest absolute Gasteiger partial charge is 0.440 e. The van der Waals surface area contributed by atoms with Crippen molar-refractivity contribution in [2.45, 2.75) is 18.8 Å². The standard InChI is InChI=1S/C19H16ClN3O2/c20-13-5-6-17-15(11-13)21-18(24-17)12-7-9-23(10-8-12)19-22-14-3-1-2-4-16(14)25-19/h1-6,11-12H,7-10H2. The lowest BCUT2D eigenvalue weighted by Crippen LogP contribution is -2.33. The van der Waals surface area contributed by atoms with Crippen LogP contribution in [0.2, 0.25) is 5.02 Å². The summed E-state index contributed by atoms with van der Waals surface area (Å²) in [6, 6.07) is 14.1. The third-order valence-electron chi connectivity index (χ3n) is 4.76. The van der Waals surface area contributed by atoms with Gasteiger partial charge in [-0.2, -0.15) is 4.98 Å². The molecule has 0 unspecified atom stereocenters. The molecule has 3 heterocycles. The highest BCUT2D eigenvalue weighted by atomic mass is 35.5. The molecular formula is C19H16ClN3O2. The molecule has 5 rings (SSSR count). The van der Waals surface area contributed by atoms with Crippen LogP contribution in [0.3, 0.4) is 0 Å². The Labute approximate surface area is 149 Å². The first kappa shape index (κ1) is 14.8. The van der Waals surface area contributed by atoms with E-state index in [0.717, 1.165) is 54.0 Å². The van der Waals surface area contributed by atoms with Gasteiger partial charge in [0, 0.05) is 24.0 Å². The number of nitrogens with zero attached hydrogens (tertiary/aromatic N) is 3. The zero-order valence-corrected chi connectivity index (χ0v) is 14.2. The van der Waals surface area contributed by atoms with E-state index in [2.05, 4.69) is 14.9 Å². The third kappa shape index (κ3) is 2.65. The molecule has 0 spiro atoms. The summed E-state index contributed by atoms with van der Waals surface area (Å²) in [5, 5.41) is 0.679. The van der Waals surface area contributed by atoms with Crippen molar-refractivity contribution >= 4 is 39.8 Å². The number of hydrogen-bond acceptors (Lipinski definition) is 5. The highest BCUT2D eigenvalue weighted by Gasteiger charge is 2.27. The molecule has 4 aromatic rings. The molecule has 1 aliphatic rings. The van der Waals surface area contributed by atoms with Crippen LogP contribution >= 0.6 is 11.6 Å². The molecule has 0 amide bonds. The lowest BCUT2D eigenvalue weighted by atomic mass is 9.97. The molecule has 2 aromatic heterocycles. The molecule has 6 heteroatoms. The maximum Gasteiger partial charge on any atom is 0.298 e. The fourth-order valence-electron chi connectivity index (χ4n) is 3.41. The molecule has 0 saturated carbocycles. The van der Waals surface area contributed by atoms with Crippen molar-refractivity contribution in [1.82, 2.24) is 9.97 Å². The highest BCUT2D eigenvalue weighted by Crippen LogP contribution is 2.33. The van der Waals surface area contributed by atoms with Crippen molar-refractivity contribution in [3.05, 3.63) is 53.4 Å². The van der Waals surface area contributed by atoms with E-state index in [9.17, 15) is 0 Å². The number of fused-ring (bicyclic) bond motifs is 2. The zero-order valence-electron chi connectivity index (χ0n) is 13.5. The Morgan fingerprint density at radius 3 is 2.56 bits per heavy atom. The summed E-state index contributed by atoms with van der Waals surface area (Å²) in [7, 11) is 0. The van der Waals surface area contributed by atoms with Gasteiger partial charge in [0.2, 0.25) is 0 Å². The first-order valence-electron chi connectivity index (χ1n) is 8.43. The van der Waals surface area contributed by atoms with Crippen molar-refractivity contribution in [2.75, 3.05) is 18.0 Å². The Balaban J connectivity index is 1.34. The minimum absolute atomic E-state index is 0.312. The van der Waals surface area contributed by atoms with Crippen molar-refractivity contribution in [1.29, 1.82) is 0 Å². The van der Waals surface area contributed by atoms with Crippen LogP contribution in [0.4, 0.5) is 6.01 Å². The number of halogens is 1. The van der Waals surface area contributed by atoms with Crippen LogP contribution < -0.4 is 4.90 Å². The molecule has 126 valence electrons. The smallest absolute Gasteiger partial charge is 0.298 e. The predicted octanol–water partition coefficient (Wildman–Crippen LogP) is 5.01. The van der Waals surface area contributed by atoms with Gasteiger partial charge in [-0.05, 0) is 43.2 Å². The Bertz CT molecular complexity index is 1010. The first-order chi connectivity index (χ1) is 12.3. The monoisotopic (exact) mass is 353 g/mol. The maximum atomic E-state index is 6.03. The maximum absolute atomic E-state index is 6.03. The summed E-state index contributed by atoms with van der Waals surface area (Å²) >= 11 is 6.03. The molecule has 2 aromatic carbocycles. The van der Waals surface area contributed by atoms with Crippen LogP contribution in [-0.4, -0.2) is 23.1 Å². The van der Waals surface area contributed by atoms with Gasteiger partial charge in [0.15, 0.2) is 17.1 Å². The van der Waals surface area contributed by atoms with Crippen molar-refractivity contribution < 1.29 is 8.83 Å². The van der Waals surface area contributed by atoms with Gasteiger partial charge in [-0.1, -0.05) is 23.7 Å². The van der Waals surface area contributed by atoms with Crippen molar-refractivity contribution in [2.24, 2.45) is 0 Å². The minimum atomic E-state index is 0.312. The molecule has 0 atom stereocenters. The van der Waals surface area contributed by atoms with E-state index in [1.807, 2.05) is 42.5 Å². The van der Waals surface area contributed by atoms with Crippen LogP contribution in [0, 0.1) is 0 Å². The van der Waals surface area contributed by atoms with Gasteiger partial charge in [-0.15, -0.1) is 0 Å². The number of hydrogen-bond donors (Lipinski definition) is 0. The van der Waals surface area contributed by atoms with Crippen molar-refractivity contribution in [3.63, 3.8) is 0 Å². The topological polar surface area (TPSA) is 55.3 Å². The summed E-state index contributed by atoms with van der Waals surface area (Å²) in [6.07, 6.45) is 1.92. The molecule has 0 bridgehead atoms. The summed E-state index contributed by atoms with van der Waals surface area (Å²) in [5.74, 6) is 1.11. The van der Waals surface area contributed by atoms with E-state index in [1.165, 1.54) is 0 Å². The van der Waals surface area contributed by atoms with E-state index in [4.69, 9.17) is 20.4 Å². The Morgan fingerprint density at radius 2 is 1.72 bits per heavy atom. The summed E-state index contributed by atoms with van der Waals surface area (Å²) in [6.45, 7) is 1.74. The first-order valence-corrected chi connectivity index (χ1v) is 8.80. The second-order valence-corrected chi connectivity index (χ2v) is 6.83. The van der Waals surface area contributed by atoms with Gasteiger partial charge < -0.3 is 13.7 Å². The quantitative estimate of drug-likeness (QED) is 0.507. The highest BCUT2D eigenvalue weighted by molar-refractivity contribution is 6.31. The van der Waals surface area contributed by atoms with Crippen LogP contribution in [-0.2, 0) is 0 Å². The van der Waals surface area contributed by atoms with Crippen molar-refractivity contribution in [3.8, 4) is 0 Å². The number of benzene rings is 2. The fraction of sp³-hybridized carbons (Fsp3) is 0.263. The Hall–Kier alpha value is -2.53. The number of para-hydroxylation sites is 2. The molecule has 1 aliphatic heterocycles. The summed E-state index contributed by atoms with van der Waals surface area (Å²) < 4.78 is 11.8. The lowest BCUT2D eigenvalue weighted by Gasteiger charge is -2.29. The van der Waals surface area contributed by atoms with Gasteiger partial charge in [-0.25, -0.2) is 4.98 Å². The lowest BCUT2D eigenvalue weighted by molar-refractivity contribution is 0.396. The Morgan fingerprint density at radius 1 is 0.920 bits per heavy atom. The molecule has 1 fully saturated rings. The van der Waals surface area contributed by atoms with E-state index < -0.39 is 0 Å². The second-order valence-electron chi connectivity index (χ2n) is 6.39. The van der Waals surface area contributed by atoms with E-state index >= 15 is 0 Å². The van der Waals surface area contributed by atoms with Gasteiger partial charge >= 0.3 is 0 Å². The third-order valence-corrected chi connectivity index (χ3v) is 5.00. The van der Waals surface area contributed by atoms with Gasteiger partial charge in [0.1, 0.15) is 11.0 Å². The minimum Gasteiger partial charge on any atom is -0.440 e. The van der Waals surface area contributed by atoms with Gasteiger partial charge in [0.25, 0.3) is 6.01 Å². The molecule has 25 heavy (non-hydrogen) atoms. The van der Waals surface area contributed by atoms with E-state index in [-0.39, 0.29) is 0 Å². The summed E-state index contributed by atoms with van der Waals surface area (Å²) in [4.78, 5) is 11.4. The number of oxazole rings is 2. The van der Waals surface area contributed by atoms with E-state index in [1.54, 1.807) is 0 Å². The van der Waals surface area contributed by atoms with Crippen LogP contribution in [0.5, 0.6) is 0 Å². The summed E-state index contributed by atoms with van der Waals surface area (Å²) in [5.41, 5.74) is 3.34. The molecular weight excluding hydrogens is 338 g/mol. The van der Waals surface area contributed by atoms with Crippen LogP contribution in [0.15, 0.2) is 51.3 Å². The van der Waals surface area contributed by atoms with E-state index in [0.29, 0.717) is 17.0 Å². The average Bonchev–Trinajstić information content (AvgIpc) is 3.25. The number of anilines is 1. The predicted molar refractivity (Wildman–Crippen MR) is 97.2 cm³/mol. The molecule has 0 N–H and O–H groups in total. The van der Waals surface area contributed by atoms with Gasteiger partial charge in [0.05, 0.1) is 0 Å². The molecule has 5 nitrogen and oxygen atoms in total. The van der Waals surface area contributed by atoms with Gasteiger partial charge in [-0.3, -0.25) is 0 Å². The molecule has 1 saturated heterocycles.